The summed E-state index contributed by atoms with van der Waals surface area (Å²) < 4.78 is 5.77. The van der Waals surface area contributed by atoms with Gasteiger partial charge < -0.3 is 9.73 Å². The lowest BCUT2D eigenvalue weighted by Crippen LogP contribution is -2.10. The minimum Gasteiger partial charge on any atom is -0.450 e. The maximum absolute atomic E-state index is 13.0. The fraction of sp³-hybridized carbons (Fsp3) is 0.0435. The summed E-state index contributed by atoms with van der Waals surface area (Å²) in [5.41, 5.74) is 3.58. The molecular formula is C23H17NO3. The van der Waals surface area contributed by atoms with Gasteiger partial charge in [0.1, 0.15) is 5.58 Å². The van der Waals surface area contributed by atoms with Crippen molar-refractivity contribution >= 4 is 28.3 Å². The molecule has 0 aliphatic rings. The molecule has 4 rings (SSSR count). The second-order valence-corrected chi connectivity index (χ2v) is 6.26. The smallest absolute Gasteiger partial charge is 0.230 e. The number of hydrogen-bond donors (Lipinski definition) is 1. The highest BCUT2D eigenvalue weighted by Gasteiger charge is 2.22. The Morgan fingerprint density at radius 1 is 0.778 bits per heavy atom. The summed E-state index contributed by atoms with van der Waals surface area (Å²) in [5, 5.41) is 3.44. The molecule has 4 heteroatoms. The van der Waals surface area contributed by atoms with Crippen LogP contribution in [0.2, 0.25) is 0 Å². The molecule has 0 aliphatic carbocycles. The molecule has 0 saturated heterocycles. The fourth-order valence-corrected chi connectivity index (χ4v) is 3.08. The number of para-hydroxylation sites is 1. The predicted molar refractivity (Wildman–Crippen MR) is 106 cm³/mol. The molecule has 0 atom stereocenters. The Hall–Kier alpha value is -3.66. The van der Waals surface area contributed by atoms with E-state index in [1.54, 1.807) is 18.2 Å². The van der Waals surface area contributed by atoms with Crippen LogP contribution in [0.25, 0.3) is 22.1 Å². The molecular weight excluding hydrogens is 338 g/mol. The van der Waals surface area contributed by atoms with Crippen molar-refractivity contribution in [3.63, 3.8) is 0 Å². The number of hydrogen-bond acceptors (Lipinski definition) is 3. The van der Waals surface area contributed by atoms with Gasteiger partial charge in [0, 0.05) is 17.9 Å². The summed E-state index contributed by atoms with van der Waals surface area (Å²) in [6.07, 6.45) is 0. The number of carbonyl (C=O) groups excluding carboxylic acids is 2. The maximum Gasteiger partial charge on any atom is 0.230 e. The summed E-state index contributed by atoms with van der Waals surface area (Å²) in [4.78, 5) is 24.6. The second kappa shape index (κ2) is 6.92. The molecule has 0 unspecified atom stereocenters. The van der Waals surface area contributed by atoms with Gasteiger partial charge in [0.05, 0.1) is 5.69 Å². The van der Waals surface area contributed by atoms with Crippen molar-refractivity contribution in [2.45, 2.75) is 6.92 Å². The molecule has 0 radical (unpaired) electrons. The van der Waals surface area contributed by atoms with Crippen molar-refractivity contribution in [1.82, 2.24) is 0 Å². The van der Waals surface area contributed by atoms with Crippen LogP contribution in [-0.2, 0) is 4.79 Å². The standard InChI is InChI=1S/C23H17NO3/c1-15(25)24-21-19-9-5-6-10-20(19)27-23(21)22(26)18-13-11-17(12-14-18)16-7-3-2-4-8-16/h2-14H,1H3,(H,24,25). The van der Waals surface area contributed by atoms with Gasteiger partial charge in [0.25, 0.3) is 0 Å². The molecule has 0 bridgehead atoms. The molecule has 1 aromatic heterocycles. The Balaban J connectivity index is 1.73. The number of amides is 1. The van der Waals surface area contributed by atoms with E-state index >= 15 is 0 Å². The first-order chi connectivity index (χ1) is 13.1. The number of rotatable bonds is 4. The molecule has 0 aliphatic heterocycles. The molecule has 1 amide bonds. The topological polar surface area (TPSA) is 59.3 Å². The van der Waals surface area contributed by atoms with E-state index in [1.165, 1.54) is 6.92 Å². The molecule has 0 spiro atoms. The Morgan fingerprint density at radius 3 is 2.11 bits per heavy atom. The van der Waals surface area contributed by atoms with Crippen LogP contribution in [0.4, 0.5) is 5.69 Å². The number of nitrogens with one attached hydrogen (secondary N) is 1. The van der Waals surface area contributed by atoms with Gasteiger partial charge in [-0.15, -0.1) is 0 Å². The summed E-state index contributed by atoms with van der Waals surface area (Å²) in [7, 11) is 0. The third-order valence-corrected chi connectivity index (χ3v) is 4.36. The second-order valence-electron chi connectivity index (χ2n) is 6.26. The summed E-state index contributed by atoms with van der Waals surface area (Å²) in [6, 6.07) is 24.6. The zero-order chi connectivity index (χ0) is 18.8. The lowest BCUT2D eigenvalue weighted by Gasteiger charge is -2.05. The Labute approximate surface area is 156 Å². The van der Waals surface area contributed by atoms with E-state index in [2.05, 4.69) is 5.32 Å². The van der Waals surface area contributed by atoms with Crippen LogP contribution >= 0.6 is 0 Å². The van der Waals surface area contributed by atoms with Gasteiger partial charge in [0.2, 0.25) is 11.7 Å². The molecule has 3 aromatic carbocycles. The summed E-state index contributed by atoms with van der Waals surface area (Å²) >= 11 is 0. The monoisotopic (exact) mass is 355 g/mol. The molecule has 27 heavy (non-hydrogen) atoms. The Kier molecular flexibility index (Phi) is 4.30. The Morgan fingerprint density at radius 2 is 1.41 bits per heavy atom. The van der Waals surface area contributed by atoms with E-state index < -0.39 is 0 Å². The molecule has 132 valence electrons. The average molecular weight is 355 g/mol. The van der Waals surface area contributed by atoms with Crippen molar-refractivity contribution in [2.24, 2.45) is 0 Å². The molecule has 1 N–H and O–H groups in total. The van der Waals surface area contributed by atoms with Gasteiger partial charge in [-0.3, -0.25) is 9.59 Å². The highest BCUT2D eigenvalue weighted by Crippen LogP contribution is 2.32. The SMILES string of the molecule is CC(=O)Nc1c(C(=O)c2ccc(-c3ccccc3)cc2)oc2ccccc12. The van der Waals surface area contributed by atoms with Gasteiger partial charge in [-0.1, -0.05) is 66.7 Å². The summed E-state index contributed by atoms with van der Waals surface area (Å²) in [6.45, 7) is 1.41. The van der Waals surface area contributed by atoms with Crippen LogP contribution in [0.15, 0.2) is 83.3 Å². The lowest BCUT2D eigenvalue weighted by molar-refractivity contribution is -0.114. The predicted octanol–water partition coefficient (Wildman–Crippen LogP) is 5.29. The highest BCUT2D eigenvalue weighted by molar-refractivity contribution is 6.17. The fourth-order valence-electron chi connectivity index (χ4n) is 3.08. The van der Waals surface area contributed by atoms with Crippen molar-refractivity contribution in [3.05, 3.63) is 90.2 Å². The van der Waals surface area contributed by atoms with Crippen LogP contribution in [0, 0.1) is 0 Å². The first kappa shape index (κ1) is 16.8. The highest BCUT2D eigenvalue weighted by atomic mass is 16.3. The van der Waals surface area contributed by atoms with Crippen molar-refractivity contribution in [3.8, 4) is 11.1 Å². The van der Waals surface area contributed by atoms with Gasteiger partial charge in [-0.25, -0.2) is 0 Å². The van der Waals surface area contributed by atoms with Gasteiger partial charge in [0.15, 0.2) is 5.76 Å². The van der Waals surface area contributed by atoms with Crippen LogP contribution in [0.3, 0.4) is 0 Å². The van der Waals surface area contributed by atoms with E-state index in [1.807, 2.05) is 60.7 Å². The number of carbonyl (C=O) groups is 2. The van der Waals surface area contributed by atoms with Gasteiger partial charge >= 0.3 is 0 Å². The van der Waals surface area contributed by atoms with Crippen LogP contribution < -0.4 is 5.32 Å². The molecule has 4 aromatic rings. The Bertz CT molecular complexity index is 1130. The zero-order valence-electron chi connectivity index (χ0n) is 14.7. The number of ketones is 1. The van der Waals surface area contributed by atoms with Gasteiger partial charge in [-0.2, -0.15) is 0 Å². The molecule has 4 nitrogen and oxygen atoms in total. The largest absolute Gasteiger partial charge is 0.450 e. The third-order valence-electron chi connectivity index (χ3n) is 4.36. The van der Waals surface area contributed by atoms with Crippen molar-refractivity contribution in [2.75, 3.05) is 5.32 Å². The lowest BCUT2D eigenvalue weighted by atomic mass is 10.0. The average Bonchev–Trinajstić information content (AvgIpc) is 3.06. The number of anilines is 1. The van der Waals surface area contributed by atoms with Gasteiger partial charge in [-0.05, 0) is 23.3 Å². The zero-order valence-corrected chi connectivity index (χ0v) is 14.7. The minimum atomic E-state index is -0.269. The number of fused-ring (bicyclic) bond motifs is 1. The molecule has 1 heterocycles. The summed E-state index contributed by atoms with van der Waals surface area (Å²) in [5.74, 6) is -0.386. The normalized spacial score (nSPS) is 10.7. The van der Waals surface area contributed by atoms with Crippen LogP contribution in [-0.4, -0.2) is 11.7 Å². The van der Waals surface area contributed by atoms with Crippen LogP contribution in [0.1, 0.15) is 23.0 Å². The van der Waals surface area contributed by atoms with E-state index in [0.29, 0.717) is 22.2 Å². The maximum atomic E-state index is 13.0. The van der Waals surface area contributed by atoms with Crippen molar-refractivity contribution in [1.29, 1.82) is 0 Å². The van der Waals surface area contributed by atoms with E-state index in [9.17, 15) is 9.59 Å². The van der Waals surface area contributed by atoms with E-state index in [-0.39, 0.29) is 17.5 Å². The third kappa shape index (κ3) is 3.25. The minimum absolute atomic E-state index is 0.138. The van der Waals surface area contributed by atoms with Crippen LogP contribution in [0.5, 0.6) is 0 Å². The molecule has 0 fully saturated rings. The first-order valence-electron chi connectivity index (χ1n) is 8.63. The van der Waals surface area contributed by atoms with Crippen molar-refractivity contribution < 1.29 is 14.0 Å². The van der Waals surface area contributed by atoms with E-state index in [0.717, 1.165) is 11.1 Å². The molecule has 0 saturated carbocycles. The van der Waals surface area contributed by atoms with E-state index in [4.69, 9.17) is 4.42 Å². The first-order valence-corrected chi connectivity index (χ1v) is 8.63. The quantitative estimate of drug-likeness (QED) is 0.506. The number of benzene rings is 3. The number of furan rings is 1.